The van der Waals surface area contributed by atoms with Crippen LogP contribution in [0.15, 0.2) is 0 Å². The Morgan fingerprint density at radius 1 is 0.286 bits per heavy atom. The molecule has 0 radical (unpaired) electrons. The first-order chi connectivity index (χ1) is 15.1. The Morgan fingerprint density at radius 2 is 0.429 bits per heavy atom. The van der Waals surface area contributed by atoms with Gasteiger partial charge in [0.05, 0.1) is 0 Å². The molecule has 0 heterocycles. The second-order valence-corrected chi connectivity index (χ2v) is 43.3. The Labute approximate surface area is 227 Å². The lowest BCUT2D eigenvalue weighted by Gasteiger charge is -2.43. The molecule has 0 aliphatic rings. The van der Waals surface area contributed by atoms with E-state index in [-0.39, 0.29) is 0 Å². The van der Waals surface area contributed by atoms with Crippen LogP contribution in [-0.2, 0) is 32.9 Å². The highest BCUT2D eigenvalue weighted by molar-refractivity contribution is 6.91. The average molecular weight is 653 g/mol. The zero-order valence-electron chi connectivity index (χ0n) is 25.9. The van der Waals surface area contributed by atoms with Gasteiger partial charge < -0.3 is 32.9 Å². The van der Waals surface area contributed by atoms with Gasteiger partial charge in [-0.2, -0.15) is 0 Å². The van der Waals surface area contributed by atoms with Crippen LogP contribution in [0.1, 0.15) is 0 Å². The fourth-order valence-corrected chi connectivity index (χ4v) is 46.3. The fraction of sp³-hybridized carbons (Fsp3) is 1.00. The minimum Gasteiger partial charge on any atom is -0.440 e. The van der Waals surface area contributed by atoms with E-state index >= 15 is 0 Å². The van der Waals surface area contributed by atoms with E-state index in [1.54, 1.807) is 0 Å². The molecule has 0 aromatic carbocycles. The van der Waals surface area contributed by atoms with Crippen molar-refractivity contribution in [2.75, 3.05) is 0 Å². The summed E-state index contributed by atoms with van der Waals surface area (Å²) in [6.07, 6.45) is 0. The lowest BCUT2D eigenvalue weighted by atomic mass is 11.9. The van der Waals surface area contributed by atoms with Crippen molar-refractivity contribution in [3.05, 3.63) is 0 Å². The quantitative estimate of drug-likeness (QED) is 0.188. The summed E-state index contributed by atoms with van der Waals surface area (Å²) >= 11 is 0. The van der Waals surface area contributed by atoms with Crippen molar-refractivity contribution in [3.8, 4) is 0 Å². The zero-order chi connectivity index (χ0) is 28.3. The van der Waals surface area contributed by atoms with Crippen LogP contribution in [0.4, 0.5) is 0 Å². The smallest absolute Gasteiger partial charge is 0.314 e. The Hall–Kier alpha value is 1.63. The van der Waals surface area contributed by atoms with Crippen LogP contribution < -0.4 is 0 Å². The van der Waals surface area contributed by atoms with Crippen molar-refractivity contribution < 1.29 is 32.9 Å². The predicted molar refractivity (Wildman–Crippen MR) is 169 cm³/mol. The van der Waals surface area contributed by atoms with Crippen molar-refractivity contribution >= 4 is 78.0 Å². The molecule has 0 fully saturated rings. The average Bonchev–Trinajstić information content (AvgIpc) is 2.33. The molecule has 0 aromatic heterocycles. The Morgan fingerprint density at radius 3 is 0.571 bits per heavy atom. The minimum absolute atomic E-state index is 1.19. The van der Waals surface area contributed by atoms with Crippen molar-refractivity contribution in [2.24, 2.45) is 0 Å². The summed E-state index contributed by atoms with van der Waals surface area (Å²) < 4.78 is 51.9. The van der Waals surface area contributed by atoms with E-state index in [9.17, 15) is 0 Å². The maximum atomic E-state index is 6.65. The molecule has 212 valence electrons. The van der Waals surface area contributed by atoms with E-state index < -0.39 is 78.0 Å². The molecule has 0 saturated heterocycles. The topological polar surface area (TPSA) is 73.8 Å². The Bertz CT molecular complexity index is 616. The summed E-state index contributed by atoms with van der Waals surface area (Å²) in [6.45, 7) is 37.9. The van der Waals surface area contributed by atoms with Crippen molar-refractivity contribution in [1.82, 2.24) is 0 Å². The first-order valence-electron chi connectivity index (χ1n) is 12.6. The molecule has 17 heteroatoms. The Balaban J connectivity index is 5.28. The van der Waals surface area contributed by atoms with Crippen molar-refractivity contribution in [1.29, 1.82) is 0 Å². The van der Waals surface area contributed by atoms with Gasteiger partial charge in [-0.15, -0.1) is 0 Å². The third kappa shape index (κ3) is 17.8. The minimum atomic E-state index is -2.56. The first-order valence-corrected chi connectivity index (χ1v) is 37.9. The fourth-order valence-electron chi connectivity index (χ4n) is 4.84. The monoisotopic (exact) mass is 652 g/mol. The summed E-state index contributed by atoms with van der Waals surface area (Å²) in [5.74, 6) is 0. The van der Waals surface area contributed by atoms with E-state index in [1.807, 2.05) is 0 Å². The van der Waals surface area contributed by atoms with Gasteiger partial charge in [0.1, 0.15) is 0 Å². The number of hydrogen-bond donors (Lipinski definition) is 0. The molecule has 0 saturated carbocycles. The van der Waals surface area contributed by atoms with Crippen LogP contribution in [0.2, 0.25) is 118 Å². The lowest BCUT2D eigenvalue weighted by Crippen LogP contribution is -2.61. The molecule has 0 aliphatic heterocycles. The second kappa shape index (κ2) is 12.9. The molecule has 0 amide bonds. The standard InChI is InChI=1S/C18H56O8Si9/c1-27(2)19-29(5,6)21-31(9,10)23-33(13,14)25-35(17,18)26-34(15,16)24-32(11,12)22-30(7,8)20-28(3)4/h27-28H,1-18H3. The van der Waals surface area contributed by atoms with Gasteiger partial charge in [-0.3, -0.25) is 0 Å². The maximum absolute atomic E-state index is 6.65. The van der Waals surface area contributed by atoms with E-state index in [1.165, 1.54) is 0 Å². The number of rotatable bonds is 16. The Kier molecular flexibility index (Phi) is 13.5. The molecule has 0 aliphatic carbocycles. The van der Waals surface area contributed by atoms with Gasteiger partial charge in [-0.1, -0.05) is 0 Å². The van der Waals surface area contributed by atoms with Gasteiger partial charge in [0.15, 0.2) is 18.1 Å². The summed E-state index contributed by atoms with van der Waals surface area (Å²) in [7, 11) is -19.4. The van der Waals surface area contributed by atoms with Gasteiger partial charge in [0.2, 0.25) is 0 Å². The molecule has 8 nitrogen and oxygen atoms in total. The molecule has 0 bridgehead atoms. The predicted octanol–water partition coefficient (Wildman–Crippen LogP) is 6.00. The summed E-state index contributed by atoms with van der Waals surface area (Å²) in [6, 6.07) is 0. The van der Waals surface area contributed by atoms with E-state index in [4.69, 9.17) is 32.9 Å². The van der Waals surface area contributed by atoms with Crippen LogP contribution in [0.3, 0.4) is 0 Å². The molecule has 0 aromatic rings. The molecular weight excluding hydrogens is 597 g/mol. The lowest BCUT2D eigenvalue weighted by molar-refractivity contribution is 0.261. The SMILES string of the molecule is C[SiH](C)O[Si](C)(C)O[Si](C)(C)O[Si](C)(C)O[Si](C)(C)O[Si](C)(C)O[Si](C)(C)O[Si](C)(C)O[SiH](C)C. The van der Waals surface area contributed by atoms with Crippen LogP contribution in [0, 0.1) is 0 Å². The van der Waals surface area contributed by atoms with Gasteiger partial charge in [0.25, 0.3) is 0 Å². The van der Waals surface area contributed by atoms with E-state index in [0.29, 0.717) is 0 Å². The summed E-state index contributed by atoms with van der Waals surface area (Å²) in [5.41, 5.74) is 0. The largest absolute Gasteiger partial charge is 0.440 e. The second-order valence-electron chi connectivity index (χ2n) is 12.7. The maximum Gasteiger partial charge on any atom is 0.314 e. The van der Waals surface area contributed by atoms with Gasteiger partial charge >= 0.3 is 59.9 Å². The highest BCUT2D eigenvalue weighted by atomic mass is 28.5. The zero-order valence-corrected chi connectivity index (χ0v) is 35.2. The molecule has 0 spiro atoms. The molecule has 0 rings (SSSR count). The van der Waals surface area contributed by atoms with E-state index in [2.05, 4.69) is 118 Å². The first kappa shape index (κ1) is 36.6. The summed E-state index contributed by atoms with van der Waals surface area (Å²) in [4.78, 5) is 0. The van der Waals surface area contributed by atoms with Crippen LogP contribution in [0.5, 0.6) is 0 Å². The molecule has 0 N–H and O–H groups in total. The van der Waals surface area contributed by atoms with Crippen LogP contribution in [-0.4, -0.2) is 78.0 Å². The van der Waals surface area contributed by atoms with Gasteiger partial charge in [0, 0.05) is 0 Å². The van der Waals surface area contributed by atoms with Crippen molar-refractivity contribution in [2.45, 2.75) is 118 Å². The normalized spacial score (nSPS) is 15.4. The number of hydrogen-bond acceptors (Lipinski definition) is 8. The summed E-state index contributed by atoms with van der Waals surface area (Å²) in [5, 5.41) is 0. The third-order valence-corrected chi connectivity index (χ3v) is 35.9. The van der Waals surface area contributed by atoms with Gasteiger partial charge in [-0.05, 0) is 118 Å². The molecule has 0 atom stereocenters. The highest BCUT2D eigenvalue weighted by Gasteiger charge is 2.48. The van der Waals surface area contributed by atoms with E-state index in [0.717, 1.165) is 0 Å². The molecule has 0 unspecified atom stereocenters. The molecular formula is C18H56O8Si9. The van der Waals surface area contributed by atoms with Crippen LogP contribution >= 0.6 is 0 Å². The third-order valence-electron chi connectivity index (χ3n) is 3.99. The van der Waals surface area contributed by atoms with Crippen LogP contribution in [0.25, 0.3) is 0 Å². The van der Waals surface area contributed by atoms with Gasteiger partial charge in [-0.25, -0.2) is 0 Å². The highest BCUT2D eigenvalue weighted by Crippen LogP contribution is 2.29. The van der Waals surface area contributed by atoms with Crippen molar-refractivity contribution in [3.63, 3.8) is 0 Å². The molecule has 35 heavy (non-hydrogen) atoms.